The van der Waals surface area contributed by atoms with Crippen LogP contribution in [0, 0.1) is 5.92 Å². The second-order valence-corrected chi connectivity index (χ2v) is 5.73. The minimum Gasteiger partial charge on any atom is -0.317 e. The van der Waals surface area contributed by atoms with Gasteiger partial charge >= 0.3 is 0 Å². The maximum Gasteiger partial charge on any atom is 0.00447 e. The van der Waals surface area contributed by atoms with E-state index in [2.05, 4.69) is 54.5 Å². The van der Waals surface area contributed by atoms with Gasteiger partial charge in [-0.15, -0.1) is 0 Å². The lowest BCUT2D eigenvalue weighted by Gasteiger charge is -2.29. The molecule has 0 bridgehead atoms. The van der Waals surface area contributed by atoms with Crippen LogP contribution in [-0.4, -0.2) is 38.1 Å². The van der Waals surface area contributed by atoms with Crippen molar-refractivity contribution in [2.24, 2.45) is 5.92 Å². The van der Waals surface area contributed by atoms with E-state index in [-0.39, 0.29) is 0 Å². The highest BCUT2D eigenvalue weighted by atomic mass is 15.1. The summed E-state index contributed by atoms with van der Waals surface area (Å²) in [6, 6.07) is 10.8. The lowest BCUT2D eigenvalue weighted by molar-refractivity contribution is 0.232. The fraction of sp³-hybridized carbons (Fsp3) is 0.625. The van der Waals surface area contributed by atoms with Crippen molar-refractivity contribution in [3.63, 3.8) is 0 Å². The number of nitrogens with one attached hydrogen (secondary N) is 1. The molecule has 1 aliphatic heterocycles. The zero-order valence-electron chi connectivity index (χ0n) is 11.7. The Kier molecular flexibility index (Phi) is 5.21. The summed E-state index contributed by atoms with van der Waals surface area (Å²) in [6.45, 7) is 7.14. The quantitative estimate of drug-likeness (QED) is 0.859. The van der Waals surface area contributed by atoms with E-state index in [1.165, 1.54) is 38.0 Å². The summed E-state index contributed by atoms with van der Waals surface area (Å²) in [5.74, 6) is 1.51. The minimum absolute atomic E-state index is 0.623. The van der Waals surface area contributed by atoms with Crippen molar-refractivity contribution in [1.29, 1.82) is 0 Å². The van der Waals surface area contributed by atoms with Gasteiger partial charge in [-0.05, 0) is 50.4 Å². The van der Waals surface area contributed by atoms with Crippen LogP contribution in [0.15, 0.2) is 30.3 Å². The van der Waals surface area contributed by atoms with Crippen LogP contribution < -0.4 is 5.32 Å². The van der Waals surface area contributed by atoms with Crippen LogP contribution in [0.25, 0.3) is 0 Å². The fourth-order valence-electron chi connectivity index (χ4n) is 2.93. The molecule has 0 saturated carbocycles. The monoisotopic (exact) mass is 246 g/mol. The second-order valence-electron chi connectivity index (χ2n) is 5.73. The molecule has 1 fully saturated rings. The molecule has 2 nitrogen and oxygen atoms in total. The molecular formula is C16H26N2. The normalized spacial score (nSPS) is 19.1. The van der Waals surface area contributed by atoms with Crippen molar-refractivity contribution in [2.75, 3.05) is 33.2 Å². The molecule has 100 valence electrons. The van der Waals surface area contributed by atoms with Crippen molar-refractivity contribution >= 4 is 0 Å². The van der Waals surface area contributed by atoms with Crippen molar-refractivity contribution in [2.45, 2.75) is 25.7 Å². The Labute approximate surface area is 111 Å². The molecule has 1 atom stereocenters. The molecule has 1 heterocycles. The molecule has 1 aliphatic rings. The molecule has 1 aromatic carbocycles. The van der Waals surface area contributed by atoms with E-state index in [9.17, 15) is 0 Å². The Bertz CT molecular complexity index is 330. The van der Waals surface area contributed by atoms with E-state index in [4.69, 9.17) is 0 Å². The first-order valence-corrected chi connectivity index (χ1v) is 7.20. The van der Waals surface area contributed by atoms with Gasteiger partial charge in [0.05, 0.1) is 0 Å². The average Bonchev–Trinajstić information content (AvgIpc) is 2.40. The van der Waals surface area contributed by atoms with Gasteiger partial charge in [-0.1, -0.05) is 37.3 Å². The number of hydrogen-bond donors (Lipinski definition) is 1. The standard InChI is InChI=1S/C16H26N2/c1-14(16-6-4-3-5-7-16)12-18(2)13-15-8-10-17-11-9-15/h3-7,14-15,17H,8-13H2,1-2H3. The van der Waals surface area contributed by atoms with Gasteiger partial charge in [-0.3, -0.25) is 0 Å². The zero-order chi connectivity index (χ0) is 12.8. The first kappa shape index (κ1) is 13.6. The van der Waals surface area contributed by atoms with E-state index in [0.29, 0.717) is 5.92 Å². The molecule has 1 aromatic rings. The Morgan fingerprint density at radius 1 is 1.22 bits per heavy atom. The number of piperidine rings is 1. The van der Waals surface area contributed by atoms with E-state index < -0.39 is 0 Å². The van der Waals surface area contributed by atoms with Crippen LogP contribution in [0.5, 0.6) is 0 Å². The predicted octanol–water partition coefficient (Wildman–Crippen LogP) is 2.72. The third kappa shape index (κ3) is 4.11. The van der Waals surface area contributed by atoms with E-state index in [1.807, 2.05) is 0 Å². The number of benzene rings is 1. The summed E-state index contributed by atoms with van der Waals surface area (Å²) in [5, 5.41) is 3.44. The maximum atomic E-state index is 3.44. The largest absolute Gasteiger partial charge is 0.317 e. The van der Waals surface area contributed by atoms with Gasteiger partial charge in [0.25, 0.3) is 0 Å². The van der Waals surface area contributed by atoms with Crippen LogP contribution in [0.4, 0.5) is 0 Å². The molecule has 18 heavy (non-hydrogen) atoms. The van der Waals surface area contributed by atoms with Gasteiger partial charge in [-0.25, -0.2) is 0 Å². The molecule has 1 unspecified atom stereocenters. The first-order valence-electron chi connectivity index (χ1n) is 7.20. The molecule has 0 spiro atoms. The Morgan fingerprint density at radius 2 is 1.89 bits per heavy atom. The predicted molar refractivity (Wildman–Crippen MR) is 77.9 cm³/mol. The van der Waals surface area contributed by atoms with Gasteiger partial charge < -0.3 is 10.2 Å². The molecule has 1 N–H and O–H groups in total. The highest BCUT2D eigenvalue weighted by Crippen LogP contribution is 2.18. The molecule has 0 aromatic heterocycles. The van der Waals surface area contributed by atoms with Crippen molar-refractivity contribution < 1.29 is 0 Å². The Morgan fingerprint density at radius 3 is 2.56 bits per heavy atom. The lowest BCUT2D eigenvalue weighted by atomic mass is 9.96. The molecule has 0 aliphatic carbocycles. The highest BCUT2D eigenvalue weighted by Gasteiger charge is 2.16. The molecule has 2 rings (SSSR count). The first-order chi connectivity index (χ1) is 8.75. The van der Waals surface area contributed by atoms with Gasteiger partial charge in [0.2, 0.25) is 0 Å². The van der Waals surface area contributed by atoms with Gasteiger partial charge in [0.15, 0.2) is 0 Å². The van der Waals surface area contributed by atoms with Crippen molar-refractivity contribution in [3.8, 4) is 0 Å². The second kappa shape index (κ2) is 6.91. The zero-order valence-corrected chi connectivity index (χ0v) is 11.7. The Hall–Kier alpha value is -0.860. The number of likely N-dealkylation sites (N-methyl/N-ethyl adjacent to an activating group) is 1. The Balaban J connectivity index is 1.78. The lowest BCUT2D eigenvalue weighted by Crippen LogP contribution is -2.35. The summed E-state index contributed by atoms with van der Waals surface area (Å²) in [6.07, 6.45) is 2.67. The van der Waals surface area contributed by atoms with Gasteiger partial charge in [0, 0.05) is 13.1 Å². The molecule has 0 radical (unpaired) electrons. The highest BCUT2D eigenvalue weighted by molar-refractivity contribution is 5.18. The topological polar surface area (TPSA) is 15.3 Å². The maximum absolute atomic E-state index is 3.44. The average molecular weight is 246 g/mol. The fourth-order valence-corrected chi connectivity index (χ4v) is 2.93. The summed E-state index contributed by atoms with van der Waals surface area (Å²) >= 11 is 0. The van der Waals surface area contributed by atoms with E-state index in [1.54, 1.807) is 0 Å². The summed E-state index contributed by atoms with van der Waals surface area (Å²) in [7, 11) is 2.27. The van der Waals surface area contributed by atoms with Crippen LogP contribution in [0.3, 0.4) is 0 Å². The van der Waals surface area contributed by atoms with Crippen LogP contribution in [0.1, 0.15) is 31.2 Å². The summed E-state index contributed by atoms with van der Waals surface area (Å²) < 4.78 is 0. The summed E-state index contributed by atoms with van der Waals surface area (Å²) in [5.41, 5.74) is 1.45. The smallest absolute Gasteiger partial charge is 0.00447 e. The number of hydrogen-bond acceptors (Lipinski definition) is 2. The molecule has 1 saturated heterocycles. The van der Waals surface area contributed by atoms with Crippen molar-refractivity contribution in [1.82, 2.24) is 10.2 Å². The van der Waals surface area contributed by atoms with Gasteiger partial charge in [0.1, 0.15) is 0 Å². The molecule has 2 heteroatoms. The molecular weight excluding hydrogens is 220 g/mol. The number of nitrogens with zero attached hydrogens (tertiary/aromatic N) is 1. The van der Waals surface area contributed by atoms with Crippen LogP contribution >= 0.6 is 0 Å². The third-order valence-corrected chi connectivity index (χ3v) is 3.98. The van der Waals surface area contributed by atoms with E-state index >= 15 is 0 Å². The molecule has 0 amide bonds. The van der Waals surface area contributed by atoms with Crippen molar-refractivity contribution in [3.05, 3.63) is 35.9 Å². The van der Waals surface area contributed by atoms with Crippen LogP contribution in [0.2, 0.25) is 0 Å². The SMILES string of the molecule is CC(CN(C)CC1CCNCC1)c1ccccc1. The van der Waals surface area contributed by atoms with Crippen LogP contribution in [-0.2, 0) is 0 Å². The summed E-state index contributed by atoms with van der Waals surface area (Å²) in [4.78, 5) is 2.51. The third-order valence-electron chi connectivity index (χ3n) is 3.98. The van der Waals surface area contributed by atoms with E-state index in [0.717, 1.165) is 12.5 Å². The number of rotatable bonds is 5. The van der Waals surface area contributed by atoms with Gasteiger partial charge in [-0.2, -0.15) is 0 Å². The minimum atomic E-state index is 0.623.